The van der Waals surface area contributed by atoms with E-state index in [1.54, 1.807) is 0 Å². The SMILES string of the molecule is CC#C/C=C/c1c(C)cc(C)cc1C. The highest BCUT2D eigenvalue weighted by Crippen LogP contribution is 2.17. The Morgan fingerprint density at radius 2 is 1.64 bits per heavy atom. The Kier molecular flexibility index (Phi) is 3.54. The summed E-state index contributed by atoms with van der Waals surface area (Å²) in [7, 11) is 0. The summed E-state index contributed by atoms with van der Waals surface area (Å²) in [6.45, 7) is 8.25. The minimum absolute atomic E-state index is 1.29. The van der Waals surface area contributed by atoms with Crippen molar-refractivity contribution in [2.24, 2.45) is 0 Å². The van der Waals surface area contributed by atoms with Gasteiger partial charge in [-0.1, -0.05) is 23.6 Å². The van der Waals surface area contributed by atoms with Crippen LogP contribution in [0.3, 0.4) is 0 Å². The minimum Gasteiger partial charge on any atom is -0.102 e. The number of rotatable bonds is 1. The molecule has 0 aliphatic heterocycles. The Morgan fingerprint density at radius 1 is 1.07 bits per heavy atom. The lowest BCUT2D eigenvalue weighted by Gasteiger charge is -2.06. The van der Waals surface area contributed by atoms with E-state index in [2.05, 4.69) is 50.8 Å². The van der Waals surface area contributed by atoms with Crippen LogP contribution in [0.15, 0.2) is 18.2 Å². The molecule has 0 nitrogen and oxygen atoms in total. The monoisotopic (exact) mass is 184 g/mol. The maximum Gasteiger partial charge on any atom is -0.00235 e. The van der Waals surface area contributed by atoms with Crippen LogP contribution < -0.4 is 0 Å². The molecule has 0 radical (unpaired) electrons. The van der Waals surface area contributed by atoms with Crippen molar-refractivity contribution in [1.82, 2.24) is 0 Å². The van der Waals surface area contributed by atoms with E-state index in [1.165, 1.54) is 22.3 Å². The van der Waals surface area contributed by atoms with E-state index < -0.39 is 0 Å². The fourth-order valence-corrected chi connectivity index (χ4v) is 1.66. The fourth-order valence-electron chi connectivity index (χ4n) is 1.66. The van der Waals surface area contributed by atoms with Gasteiger partial charge in [-0.2, -0.15) is 0 Å². The summed E-state index contributed by atoms with van der Waals surface area (Å²) in [5.41, 5.74) is 5.24. The number of allylic oxidation sites excluding steroid dienone is 1. The zero-order valence-corrected chi connectivity index (χ0v) is 9.31. The molecular weight excluding hydrogens is 168 g/mol. The van der Waals surface area contributed by atoms with Crippen molar-refractivity contribution in [2.75, 3.05) is 0 Å². The minimum atomic E-state index is 1.29. The summed E-state index contributed by atoms with van der Waals surface area (Å²) in [4.78, 5) is 0. The van der Waals surface area contributed by atoms with Crippen molar-refractivity contribution in [3.05, 3.63) is 40.5 Å². The van der Waals surface area contributed by atoms with Crippen molar-refractivity contribution in [2.45, 2.75) is 27.7 Å². The van der Waals surface area contributed by atoms with Crippen LogP contribution in [0, 0.1) is 32.6 Å². The van der Waals surface area contributed by atoms with E-state index in [9.17, 15) is 0 Å². The quantitative estimate of drug-likeness (QED) is 0.584. The van der Waals surface area contributed by atoms with Gasteiger partial charge in [0.2, 0.25) is 0 Å². The molecule has 0 aliphatic rings. The molecule has 0 aliphatic carbocycles. The highest BCUT2D eigenvalue weighted by molar-refractivity contribution is 5.60. The van der Waals surface area contributed by atoms with Crippen LogP contribution in [-0.4, -0.2) is 0 Å². The molecule has 0 amide bonds. The summed E-state index contributed by atoms with van der Waals surface area (Å²) in [6, 6.07) is 4.40. The first-order valence-corrected chi connectivity index (χ1v) is 4.82. The summed E-state index contributed by atoms with van der Waals surface area (Å²) < 4.78 is 0. The van der Waals surface area contributed by atoms with Crippen molar-refractivity contribution in [3.8, 4) is 11.8 Å². The first-order chi connectivity index (χ1) is 6.65. The Hall–Kier alpha value is -1.48. The van der Waals surface area contributed by atoms with Gasteiger partial charge in [-0.05, 0) is 56.5 Å². The van der Waals surface area contributed by atoms with Gasteiger partial charge in [-0.25, -0.2) is 0 Å². The van der Waals surface area contributed by atoms with Gasteiger partial charge in [0.05, 0.1) is 0 Å². The lowest BCUT2D eigenvalue weighted by atomic mass is 9.99. The first kappa shape index (κ1) is 10.6. The molecule has 0 heterocycles. The van der Waals surface area contributed by atoms with E-state index in [-0.39, 0.29) is 0 Å². The largest absolute Gasteiger partial charge is 0.102 e. The lowest BCUT2D eigenvalue weighted by Crippen LogP contribution is -1.87. The maximum absolute atomic E-state index is 2.94. The molecule has 1 aromatic carbocycles. The second-order valence-electron chi connectivity index (χ2n) is 3.54. The molecular formula is C14H16. The summed E-state index contributed by atoms with van der Waals surface area (Å²) in [5.74, 6) is 5.79. The summed E-state index contributed by atoms with van der Waals surface area (Å²) in [5, 5.41) is 0. The summed E-state index contributed by atoms with van der Waals surface area (Å²) >= 11 is 0. The third kappa shape index (κ3) is 2.50. The molecule has 1 aromatic rings. The van der Waals surface area contributed by atoms with Crippen LogP contribution in [0.25, 0.3) is 6.08 Å². The number of hydrogen-bond donors (Lipinski definition) is 0. The van der Waals surface area contributed by atoms with Crippen LogP contribution in [-0.2, 0) is 0 Å². The van der Waals surface area contributed by atoms with Crippen molar-refractivity contribution in [3.63, 3.8) is 0 Å². The third-order valence-electron chi connectivity index (χ3n) is 2.22. The Morgan fingerprint density at radius 3 is 2.14 bits per heavy atom. The van der Waals surface area contributed by atoms with E-state index in [0.717, 1.165) is 0 Å². The van der Waals surface area contributed by atoms with Gasteiger partial charge in [0.25, 0.3) is 0 Å². The number of benzene rings is 1. The van der Waals surface area contributed by atoms with Gasteiger partial charge in [-0.3, -0.25) is 0 Å². The first-order valence-electron chi connectivity index (χ1n) is 4.82. The van der Waals surface area contributed by atoms with Gasteiger partial charge in [0, 0.05) is 0 Å². The summed E-state index contributed by atoms with van der Waals surface area (Å²) in [6.07, 6.45) is 3.99. The maximum atomic E-state index is 2.94. The molecule has 1 rings (SSSR count). The van der Waals surface area contributed by atoms with E-state index in [1.807, 2.05) is 13.0 Å². The molecule has 0 heteroatoms. The molecule has 0 spiro atoms. The van der Waals surface area contributed by atoms with Crippen molar-refractivity contribution < 1.29 is 0 Å². The standard InChI is InChI=1S/C14H16/c1-5-6-7-8-14-12(3)9-11(2)10-13(14)4/h7-10H,1-4H3/b8-7+. The fraction of sp³-hybridized carbons (Fsp3) is 0.286. The third-order valence-corrected chi connectivity index (χ3v) is 2.22. The van der Waals surface area contributed by atoms with Crippen molar-refractivity contribution in [1.29, 1.82) is 0 Å². The van der Waals surface area contributed by atoms with E-state index in [0.29, 0.717) is 0 Å². The zero-order chi connectivity index (χ0) is 10.6. The molecule has 0 N–H and O–H groups in total. The number of aryl methyl sites for hydroxylation is 3. The molecule has 14 heavy (non-hydrogen) atoms. The lowest BCUT2D eigenvalue weighted by molar-refractivity contribution is 1.30. The Bertz CT molecular complexity index is 388. The molecule has 0 saturated carbocycles. The predicted octanol–water partition coefficient (Wildman–Crippen LogP) is 3.65. The van der Waals surface area contributed by atoms with Crippen LogP contribution in [0.4, 0.5) is 0 Å². The van der Waals surface area contributed by atoms with Gasteiger partial charge in [0.1, 0.15) is 0 Å². The predicted molar refractivity (Wildman–Crippen MR) is 63.1 cm³/mol. The van der Waals surface area contributed by atoms with Gasteiger partial charge in [0.15, 0.2) is 0 Å². The molecule has 0 fully saturated rings. The Balaban J connectivity index is 3.12. The average Bonchev–Trinajstić information content (AvgIpc) is 2.09. The average molecular weight is 184 g/mol. The van der Waals surface area contributed by atoms with Crippen molar-refractivity contribution >= 4 is 6.08 Å². The molecule has 0 saturated heterocycles. The molecule has 0 aromatic heterocycles. The highest BCUT2D eigenvalue weighted by atomic mass is 14.0. The molecule has 72 valence electrons. The normalized spacial score (nSPS) is 10.0. The topological polar surface area (TPSA) is 0 Å². The second kappa shape index (κ2) is 4.67. The second-order valence-corrected chi connectivity index (χ2v) is 3.54. The van der Waals surface area contributed by atoms with E-state index >= 15 is 0 Å². The zero-order valence-electron chi connectivity index (χ0n) is 9.31. The van der Waals surface area contributed by atoms with Crippen LogP contribution in [0.1, 0.15) is 29.2 Å². The number of hydrogen-bond acceptors (Lipinski definition) is 0. The van der Waals surface area contributed by atoms with Gasteiger partial charge < -0.3 is 0 Å². The smallest absolute Gasteiger partial charge is 0.00235 e. The van der Waals surface area contributed by atoms with Gasteiger partial charge in [-0.15, -0.1) is 5.92 Å². The molecule has 0 bridgehead atoms. The molecule has 0 unspecified atom stereocenters. The highest BCUT2D eigenvalue weighted by Gasteiger charge is 1.98. The van der Waals surface area contributed by atoms with E-state index in [4.69, 9.17) is 0 Å². The van der Waals surface area contributed by atoms with Crippen LogP contribution in [0.2, 0.25) is 0 Å². The Labute approximate surface area is 86.7 Å². The van der Waals surface area contributed by atoms with Gasteiger partial charge >= 0.3 is 0 Å². The molecule has 0 atom stereocenters. The van der Waals surface area contributed by atoms with Crippen LogP contribution in [0.5, 0.6) is 0 Å². The van der Waals surface area contributed by atoms with Crippen LogP contribution >= 0.6 is 0 Å².